The number of ether oxygens (including phenoxy) is 1. The summed E-state index contributed by atoms with van der Waals surface area (Å²) in [5.74, 6) is 0.719. The minimum Gasteiger partial charge on any atom is -0.492 e. The van der Waals surface area contributed by atoms with Crippen LogP contribution < -0.4 is 4.74 Å². The highest BCUT2D eigenvalue weighted by molar-refractivity contribution is 5.35. The van der Waals surface area contributed by atoms with E-state index in [0.29, 0.717) is 6.61 Å². The average Bonchev–Trinajstić information content (AvgIpc) is 2.48. The van der Waals surface area contributed by atoms with Crippen molar-refractivity contribution in [2.45, 2.75) is 37.7 Å². The molecule has 3 nitrogen and oxygen atoms in total. The van der Waals surface area contributed by atoms with Gasteiger partial charge >= 0.3 is 0 Å². The van der Waals surface area contributed by atoms with Crippen molar-refractivity contribution in [1.29, 1.82) is 0 Å². The summed E-state index contributed by atoms with van der Waals surface area (Å²) in [5, 5.41) is 10.9. The molecule has 21 heavy (non-hydrogen) atoms. The van der Waals surface area contributed by atoms with Crippen molar-refractivity contribution < 1.29 is 9.84 Å². The first-order chi connectivity index (χ1) is 10.3. The molecule has 2 aromatic rings. The molecular weight excluding hydrogens is 262 g/mol. The van der Waals surface area contributed by atoms with E-state index in [1.807, 2.05) is 31.2 Å². The maximum Gasteiger partial charge on any atom is 0.137 e. The first-order valence-corrected chi connectivity index (χ1v) is 7.57. The molecule has 1 aliphatic carbocycles. The molecular formula is C18H21NO2. The maximum absolute atomic E-state index is 10.9. The SMILES string of the molecule is CCOc1cncc(C(O)C2(c3ccccc3)CCC2)c1. The van der Waals surface area contributed by atoms with Gasteiger partial charge < -0.3 is 9.84 Å². The molecule has 1 aromatic carbocycles. The van der Waals surface area contributed by atoms with Crippen LogP contribution in [0, 0.1) is 0 Å². The molecule has 3 heteroatoms. The maximum atomic E-state index is 10.9. The molecule has 1 aliphatic rings. The fourth-order valence-electron chi connectivity index (χ4n) is 3.20. The normalized spacial score (nSPS) is 17.8. The van der Waals surface area contributed by atoms with Crippen molar-refractivity contribution in [3.8, 4) is 5.75 Å². The third-order valence-electron chi connectivity index (χ3n) is 4.48. The standard InChI is InChI=1S/C18H21NO2/c1-2-21-16-11-14(12-19-13-16)17(20)18(9-6-10-18)15-7-4-3-5-8-15/h3-5,7-8,11-13,17,20H,2,6,9-10H2,1H3. The quantitative estimate of drug-likeness (QED) is 0.911. The molecule has 1 aromatic heterocycles. The van der Waals surface area contributed by atoms with E-state index < -0.39 is 6.10 Å². The number of aromatic nitrogens is 1. The largest absolute Gasteiger partial charge is 0.492 e. The van der Waals surface area contributed by atoms with Gasteiger partial charge in [0.25, 0.3) is 0 Å². The molecule has 1 N–H and O–H groups in total. The predicted octanol–water partition coefficient (Wildman–Crippen LogP) is 3.64. The molecule has 0 bridgehead atoms. The summed E-state index contributed by atoms with van der Waals surface area (Å²) in [6.07, 6.45) is 6.08. The number of pyridine rings is 1. The summed E-state index contributed by atoms with van der Waals surface area (Å²) in [6.45, 7) is 2.55. The number of rotatable bonds is 5. The van der Waals surface area contributed by atoms with Gasteiger partial charge in [-0.2, -0.15) is 0 Å². The lowest BCUT2D eigenvalue weighted by molar-refractivity contribution is 0.0264. The van der Waals surface area contributed by atoms with Crippen LogP contribution in [0.3, 0.4) is 0 Å². The van der Waals surface area contributed by atoms with Gasteiger partial charge in [-0.1, -0.05) is 36.8 Å². The van der Waals surface area contributed by atoms with Crippen LogP contribution in [0.1, 0.15) is 43.4 Å². The van der Waals surface area contributed by atoms with Crippen LogP contribution in [0.15, 0.2) is 48.8 Å². The van der Waals surface area contributed by atoms with E-state index in [1.54, 1.807) is 12.4 Å². The Balaban J connectivity index is 1.92. The van der Waals surface area contributed by atoms with Gasteiger partial charge in [0, 0.05) is 17.2 Å². The third kappa shape index (κ3) is 2.54. The Hall–Kier alpha value is -1.87. The van der Waals surface area contributed by atoms with Gasteiger partial charge in [-0.05, 0) is 31.4 Å². The monoisotopic (exact) mass is 283 g/mol. The zero-order valence-electron chi connectivity index (χ0n) is 12.3. The van der Waals surface area contributed by atoms with Crippen LogP contribution >= 0.6 is 0 Å². The smallest absolute Gasteiger partial charge is 0.137 e. The molecule has 0 aliphatic heterocycles. The second-order valence-electron chi connectivity index (χ2n) is 5.67. The molecule has 1 fully saturated rings. The number of nitrogens with zero attached hydrogens (tertiary/aromatic N) is 1. The van der Waals surface area contributed by atoms with Gasteiger partial charge in [-0.3, -0.25) is 4.98 Å². The van der Waals surface area contributed by atoms with Gasteiger partial charge in [0.05, 0.1) is 18.9 Å². The van der Waals surface area contributed by atoms with Crippen molar-refractivity contribution >= 4 is 0 Å². The minimum absolute atomic E-state index is 0.173. The molecule has 1 saturated carbocycles. The summed E-state index contributed by atoms with van der Waals surface area (Å²) in [7, 11) is 0. The average molecular weight is 283 g/mol. The van der Waals surface area contributed by atoms with Gasteiger partial charge in [-0.15, -0.1) is 0 Å². The molecule has 0 radical (unpaired) electrons. The molecule has 1 heterocycles. The molecule has 1 unspecified atom stereocenters. The highest BCUT2D eigenvalue weighted by Gasteiger charge is 2.45. The van der Waals surface area contributed by atoms with Crippen LogP contribution in [0.2, 0.25) is 0 Å². The Morgan fingerprint density at radius 1 is 1.24 bits per heavy atom. The summed E-state index contributed by atoms with van der Waals surface area (Å²) in [6, 6.07) is 12.2. The van der Waals surface area contributed by atoms with Gasteiger partial charge in [-0.25, -0.2) is 0 Å². The van der Waals surface area contributed by atoms with Gasteiger partial charge in [0.2, 0.25) is 0 Å². The number of benzene rings is 1. The highest BCUT2D eigenvalue weighted by Crippen LogP contribution is 2.52. The van der Waals surface area contributed by atoms with E-state index in [-0.39, 0.29) is 5.41 Å². The van der Waals surface area contributed by atoms with E-state index >= 15 is 0 Å². The van der Waals surface area contributed by atoms with Crippen LogP contribution in [0.4, 0.5) is 0 Å². The molecule has 1 atom stereocenters. The third-order valence-corrected chi connectivity index (χ3v) is 4.48. The molecule has 3 rings (SSSR count). The first kappa shape index (κ1) is 14.1. The Labute approximate surface area is 125 Å². The highest BCUT2D eigenvalue weighted by atomic mass is 16.5. The Morgan fingerprint density at radius 3 is 2.62 bits per heavy atom. The van der Waals surface area contributed by atoms with E-state index in [4.69, 9.17) is 4.74 Å². The predicted molar refractivity (Wildman–Crippen MR) is 82.3 cm³/mol. The number of aliphatic hydroxyl groups excluding tert-OH is 1. The molecule has 0 amide bonds. The number of hydrogen-bond acceptors (Lipinski definition) is 3. The lowest BCUT2D eigenvalue weighted by Crippen LogP contribution is -2.40. The minimum atomic E-state index is -0.540. The van der Waals surface area contributed by atoms with Crippen molar-refractivity contribution in [3.05, 3.63) is 59.9 Å². The van der Waals surface area contributed by atoms with E-state index in [1.165, 1.54) is 5.56 Å². The summed E-state index contributed by atoms with van der Waals surface area (Å²) in [5.41, 5.74) is 1.88. The van der Waals surface area contributed by atoms with Crippen LogP contribution in [0.25, 0.3) is 0 Å². The molecule has 0 saturated heterocycles. The van der Waals surface area contributed by atoms with Crippen molar-refractivity contribution in [3.63, 3.8) is 0 Å². The number of aliphatic hydroxyl groups is 1. The molecule has 110 valence electrons. The molecule has 0 spiro atoms. The van der Waals surface area contributed by atoms with Gasteiger partial charge in [0.15, 0.2) is 0 Å². The Kier molecular flexibility index (Phi) is 3.93. The van der Waals surface area contributed by atoms with Crippen molar-refractivity contribution in [2.75, 3.05) is 6.61 Å². The van der Waals surface area contributed by atoms with Gasteiger partial charge in [0.1, 0.15) is 5.75 Å². The van der Waals surface area contributed by atoms with Crippen molar-refractivity contribution in [1.82, 2.24) is 4.98 Å². The fourth-order valence-corrected chi connectivity index (χ4v) is 3.20. The number of hydrogen-bond donors (Lipinski definition) is 1. The summed E-state index contributed by atoms with van der Waals surface area (Å²) < 4.78 is 5.49. The van der Waals surface area contributed by atoms with E-state index in [9.17, 15) is 5.11 Å². The van der Waals surface area contributed by atoms with Crippen LogP contribution in [-0.4, -0.2) is 16.7 Å². The van der Waals surface area contributed by atoms with E-state index in [2.05, 4.69) is 17.1 Å². The lowest BCUT2D eigenvalue weighted by atomic mass is 9.60. The van der Waals surface area contributed by atoms with Crippen LogP contribution in [-0.2, 0) is 5.41 Å². The summed E-state index contributed by atoms with van der Waals surface area (Å²) >= 11 is 0. The second-order valence-corrected chi connectivity index (χ2v) is 5.67. The Morgan fingerprint density at radius 2 is 2.00 bits per heavy atom. The topological polar surface area (TPSA) is 42.4 Å². The summed E-state index contributed by atoms with van der Waals surface area (Å²) in [4.78, 5) is 4.20. The van der Waals surface area contributed by atoms with Crippen LogP contribution in [0.5, 0.6) is 5.75 Å². The first-order valence-electron chi connectivity index (χ1n) is 7.57. The van der Waals surface area contributed by atoms with Crippen molar-refractivity contribution in [2.24, 2.45) is 0 Å². The Bertz CT molecular complexity index is 593. The fraction of sp³-hybridized carbons (Fsp3) is 0.389. The zero-order chi connectivity index (χ0) is 14.7. The lowest BCUT2D eigenvalue weighted by Gasteiger charge is -2.46. The zero-order valence-corrected chi connectivity index (χ0v) is 12.3. The van der Waals surface area contributed by atoms with E-state index in [0.717, 1.165) is 30.6 Å². The second kappa shape index (κ2) is 5.86.